The Bertz CT molecular complexity index is 1290. The zero-order chi connectivity index (χ0) is 23.8. The fourth-order valence-corrected chi connectivity index (χ4v) is 6.96. The molecule has 176 valence electrons. The van der Waals surface area contributed by atoms with Gasteiger partial charge in [-0.25, -0.2) is 19.2 Å². The van der Waals surface area contributed by atoms with E-state index < -0.39 is 28.7 Å². The number of sulfonamides is 1. The van der Waals surface area contributed by atoms with Crippen molar-refractivity contribution in [1.29, 1.82) is 0 Å². The molecule has 4 rings (SSSR count). The number of ether oxygens (including phenoxy) is 1. The number of hydrogen-bond donors (Lipinski definition) is 1. The minimum Gasteiger partial charge on any atom is -0.484 e. The second-order valence-electron chi connectivity index (χ2n) is 7.73. The number of rotatable bonds is 9. The van der Waals surface area contributed by atoms with Crippen molar-refractivity contribution in [3.8, 4) is 5.75 Å². The third-order valence-corrected chi connectivity index (χ3v) is 9.17. The molecule has 0 unspecified atom stereocenters. The Balaban J connectivity index is 1.74. The third-order valence-electron chi connectivity index (χ3n) is 5.08. The van der Waals surface area contributed by atoms with Crippen molar-refractivity contribution >= 4 is 44.4 Å². The second-order valence-corrected chi connectivity index (χ2v) is 11.7. The first-order valence-electron chi connectivity index (χ1n) is 10.2. The van der Waals surface area contributed by atoms with Gasteiger partial charge in [-0.2, -0.15) is 8.42 Å². The Morgan fingerprint density at radius 1 is 1.33 bits per heavy atom. The van der Waals surface area contributed by atoms with Crippen LogP contribution in [0, 0.1) is 6.92 Å². The summed E-state index contributed by atoms with van der Waals surface area (Å²) in [7, 11) is -4.13. The van der Waals surface area contributed by atoms with E-state index in [0.717, 1.165) is 57.4 Å². The number of hydrogen-bond acceptors (Lipinski definition) is 8. The number of fused-ring (bicyclic) bond motifs is 1. The first-order chi connectivity index (χ1) is 15.6. The van der Waals surface area contributed by atoms with Gasteiger partial charge in [0.15, 0.2) is 0 Å². The van der Waals surface area contributed by atoms with Crippen molar-refractivity contribution in [3.63, 3.8) is 0 Å². The highest BCUT2D eigenvalue weighted by Crippen LogP contribution is 2.39. The Morgan fingerprint density at radius 3 is 2.67 bits per heavy atom. The van der Waals surface area contributed by atoms with Gasteiger partial charge in [0, 0.05) is 11.1 Å². The Morgan fingerprint density at radius 2 is 2.06 bits per heavy atom. The van der Waals surface area contributed by atoms with Gasteiger partial charge in [0.2, 0.25) is 4.34 Å². The molecular weight excluding hydrogens is 489 g/mol. The molecule has 3 aromatic rings. The summed E-state index contributed by atoms with van der Waals surface area (Å²) in [5, 5.41) is 11.2. The molecule has 1 aromatic carbocycles. The van der Waals surface area contributed by atoms with Gasteiger partial charge in [-0.05, 0) is 56.4 Å². The number of carboxylic acids is 1. The summed E-state index contributed by atoms with van der Waals surface area (Å²) >= 11 is 1.97. The summed E-state index contributed by atoms with van der Waals surface area (Å²) in [6, 6.07) is 3.55. The van der Waals surface area contributed by atoms with E-state index in [0.29, 0.717) is 10.7 Å². The number of anilines is 1. The van der Waals surface area contributed by atoms with Crippen LogP contribution in [0.4, 0.5) is 10.1 Å². The number of alkyl halides is 1. The van der Waals surface area contributed by atoms with E-state index >= 15 is 0 Å². The summed E-state index contributed by atoms with van der Waals surface area (Å²) < 4.78 is 48.0. The summed E-state index contributed by atoms with van der Waals surface area (Å²) in [6.45, 7) is 2.56. The average Bonchev–Trinajstić information content (AvgIpc) is 3.50. The van der Waals surface area contributed by atoms with Crippen LogP contribution in [0.1, 0.15) is 44.8 Å². The molecule has 8 nitrogen and oxygen atoms in total. The number of aromatic nitrogens is 2. The maximum Gasteiger partial charge on any atom is 0.347 e. The number of halogens is 1. The van der Waals surface area contributed by atoms with Gasteiger partial charge in [0.05, 0.1) is 18.4 Å². The maximum atomic E-state index is 14.2. The highest BCUT2D eigenvalue weighted by atomic mass is 32.2. The van der Waals surface area contributed by atoms with Gasteiger partial charge in [-0.1, -0.05) is 0 Å². The van der Waals surface area contributed by atoms with Gasteiger partial charge < -0.3 is 9.84 Å². The molecule has 0 fully saturated rings. The summed E-state index contributed by atoms with van der Waals surface area (Å²) in [5.74, 6) is -0.801. The molecule has 0 saturated heterocycles. The molecular formula is C21H22FN3O5S3. The lowest BCUT2D eigenvalue weighted by Crippen LogP contribution is -2.36. The zero-order valence-corrected chi connectivity index (χ0v) is 20.4. The molecule has 0 amide bonds. The number of benzene rings is 1. The molecule has 1 aliphatic rings. The van der Waals surface area contributed by atoms with E-state index in [1.165, 1.54) is 13.1 Å². The number of carbonyl (C=O) groups is 1. The predicted molar refractivity (Wildman–Crippen MR) is 124 cm³/mol. The minimum atomic E-state index is -4.13. The fraction of sp³-hybridized carbons (Fsp3) is 0.381. The number of thiazole rings is 2. The average molecular weight is 512 g/mol. The van der Waals surface area contributed by atoms with Crippen molar-refractivity contribution in [3.05, 3.63) is 50.4 Å². The summed E-state index contributed by atoms with van der Waals surface area (Å²) in [6.07, 6.45) is 2.39. The molecule has 0 aliphatic heterocycles. The molecule has 0 saturated carbocycles. The smallest absolute Gasteiger partial charge is 0.347 e. The van der Waals surface area contributed by atoms with Crippen LogP contribution in [0.5, 0.6) is 5.75 Å². The molecule has 1 aliphatic carbocycles. The predicted octanol–water partition coefficient (Wildman–Crippen LogP) is 4.23. The first-order valence-corrected chi connectivity index (χ1v) is 13.3. The highest BCUT2D eigenvalue weighted by Gasteiger charge is 2.32. The van der Waals surface area contributed by atoms with Gasteiger partial charge in [-0.15, -0.1) is 22.7 Å². The van der Waals surface area contributed by atoms with Gasteiger partial charge in [0.25, 0.3) is 10.0 Å². The Kier molecular flexibility index (Phi) is 6.68. The Hall–Kier alpha value is -2.57. The van der Waals surface area contributed by atoms with E-state index in [4.69, 9.17) is 9.84 Å². The SMILES string of the molecule is Cc1csc(S(=O)(=O)N(C[C@H](C)F)c2cc3c(cc2OCc2ncc(C(=O)O)s2)CCC3)n1. The lowest BCUT2D eigenvalue weighted by molar-refractivity contribution is 0.0702. The topological polar surface area (TPSA) is 110 Å². The lowest BCUT2D eigenvalue weighted by atomic mass is 10.1. The number of carboxylic acid groups (broad SMARTS) is 1. The number of aryl methyl sites for hydroxylation is 3. The van der Waals surface area contributed by atoms with Crippen LogP contribution < -0.4 is 9.04 Å². The zero-order valence-electron chi connectivity index (χ0n) is 17.9. The van der Waals surface area contributed by atoms with Gasteiger partial charge >= 0.3 is 5.97 Å². The van der Waals surface area contributed by atoms with Crippen LogP contribution in [-0.4, -0.2) is 42.2 Å². The van der Waals surface area contributed by atoms with Crippen molar-refractivity contribution < 1.29 is 27.4 Å². The minimum absolute atomic E-state index is 0.0425. The van der Waals surface area contributed by atoms with E-state index in [1.807, 2.05) is 0 Å². The van der Waals surface area contributed by atoms with E-state index in [2.05, 4.69) is 9.97 Å². The van der Waals surface area contributed by atoms with Crippen molar-refractivity contribution in [2.75, 3.05) is 10.8 Å². The van der Waals surface area contributed by atoms with Crippen LogP contribution in [0.3, 0.4) is 0 Å². The monoisotopic (exact) mass is 511 g/mol. The van der Waals surface area contributed by atoms with Crippen LogP contribution in [0.2, 0.25) is 0 Å². The van der Waals surface area contributed by atoms with Crippen LogP contribution >= 0.6 is 22.7 Å². The standard InChI is InChI=1S/C21H22FN3O5S3/c1-12(22)9-25(33(28,29)21-24-13(2)11-31-21)16-6-14-4-3-5-15(14)7-17(16)30-10-19-23-8-18(32-19)20(26)27/h6-8,11-12H,3-5,9-10H2,1-2H3,(H,26,27)/t12-/m0/s1. The molecule has 0 spiro atoms. The second kappa shape index (κ2) is 9.35. The number of aromatic carboxylic acids is 1. The van der Waals surface area contributed by atoms with Crippen molar-refractivity contribution in [1.82, 2.24) is 9.97 Å². The Labute approximate surface area is 198 Å². The fourth-order valence-electron chi connectivity index (χ4n) is 3.61. The normalized spacial score (nSPS) is 14.2. The molecule has 33 heavy (non-hydrogen) atoms. The van der Waals surface area contributed by atoms with Crippen molar-refractivity contribution in [2.24, 2.45) is 0 Å². The molecule has 2 heterocycles. The molecule has 1 N–H and O–H groups in total. The molecule has 12 heteroatoms. The van der Waals surface area contributed by atoms with E-state index in [1.54, 1.807) is 24.4 Å². The molecule has 0 bridgehead atoms. The van der Waals surface area contributed by atoms with E-state index in [-0.39, 0.29) is 27.3 Å². The maximum absolute atomic E-state index is 14.2. The largest absolute Gasteiger partial charge is 0.484 e. The first kappa shape index (κ1) is 23.6. The summed E-state index contributed by atoms with van der Waals surface area (Å²) in [5.41, 5.74) is 2.86. The quantitative estimate of drug-likeness (QED) is 0.458. The lowest BCUT2D eigenvalue weighted by Gasteiger charge is -2.26. The number of nitrogens with zero attached hydrogens (tertiary/aromatic N) is 3. The summed E-state index contributed by atoms with van der Waals surface area (Å²) in [4.78, 5) is 19.4. The van der Waals surface area contributed by atoms with E-state index in [9.17, 15) is 17.6 Å². The molecule has 2 aromatic heterocycles. The van der Waals surface area contributed by atoms with Crippen LogP contribution in [0.25, 0.3) is 0 Å². The highest BCUT2D eigenvalue weighted by molar-refractivity contribution is 7.94. The van der Waals surface area contributed by atoms with Gasteiger partial charge in [-0.3, -0.25) is 4.31 Å². The van der Waals surface area contributed by atoms with Crippen LogP contribution in [-0.2, 0) is 29.5 Å². The molecule has 1 atom stereocenters. The van der Waals surface area contributed by atoms with Crippen molar-refractivity contribution in [2.45, 2.75) is 50.2 Å². The van der Waals surface area contributed by atoms with Gasteiger partial charge in [0.1, 0.15) is 28.4 Å². The third kappa shape index (κ3) is 5.02. The molecule has 0 radical (unpaired) electrons. The van der Waals surface area contributed by atoms with Crippen LogP contribution in [0.15, 0.2) is 28.0 Å².